The van der Waals surface area contributed by atoms with E-state index in [0.717, 1.165) is 87.2 Å². The molecular weight excluding hydrogens is 557 g/mol. The molecule has 1 saturated carbocycles. The number of ketones is 1. The minimum absolute atomic E-state index is 0.0115. The molecule has 2 aromatic carbocycles. The van der Waals surface area contributed by atoms with Crippen LogP contribution in [0.1, 0.15) is 42.4 Å². The van der Waals surface area contributed by atoms with Crippen LogP contribution < -0.4 is 10.1 Å². The molecule has 1 N–H and O–H groups in total. The van der Waals surface area contributed by atoms with Crippen LogP contribution in [0.3, 0.4) is 0 Å². The van der Waals surface area contributed by atoms with Crippen LogP contribution in [0.4, 0.5) is 18.9 Å². The third-order valence-electron chi connectivity index (χ3n) is 8.06. The van der Waals surface area contributed by atoms with Gasteiger partial charge in [0.15, 0.2) is 5.78 Å². The normalized spacial score (nSPS) is 23.4. The van der Waals surface area contributed by atoms with E-state index in [2.05, 4.69) is 15.1 Å². The van der Waals surface area contributed by atoms with Gasteiger partial charge in [0, 0.05) is 55.9 Å². The van der Waals surface area contributed by atoms with Crippen LogP contribution in [0.5, 0.6) is 5.75 Å². The molecule has 0 aromatic heterocycles. The van der Waals surface area contributed by atoms with Crippen LogP contribution in [-0.4, -0.2) is 79.7 Å². The van der Waals surface area contributed by atoms with E-state index < -0.39 is 11.7 Å². The highest BCUT2D eigenvalue weighted by molar-refractivity contribution is 6.30. The van der Waals surface area contributed by atoms with Crippen molar-refractivity contribution in [3.05, 3.63) is 58.1 Å². The van der Waals surface area contributed by atoms with Crippen molar-refractivity contribution in [2.45, 2.75) is 56.5 Å². The second-order valence-electron chi connectivity index (χ2n) is 11.1. The molecule has 0 amide bonds. The molecule has 5 rings (SSSR count). The van der Waals surface area contributed by atoms with Gasteiger partial charge in [-0.25, -0.2) is 0 Å². The minimum atomic E-state index is -4.58. The summed E-state index contributed by atoms with van der Waals surface area (Å²) in [6.07, 6.45) is -0.727. The number of nitriles is 1. The van der Waals surface area contributed by atoms with E-state index >= 15 is 0 Å². The van der Waals surface area contributed by atoms with E-state index in [9.17, 15) is 18.0 Å². The number of carbonyl (C=O) groups is 1. The van der Waals surface area contributed by atoms with Crippen LogP contribution >= 0.6 is 11.6 Å². The molecule has 0 spiro atoms. The van der Waals surface area contributed by atoms with Crippen molar-refractivity contribution in [3.8, 4) is 11.8 Å². The number of piperazine rings is 1. The number of benzene rings is 2. The largest absolute Gasteiger partial charge is 0.488 e. The maximum Gasteiger partial charge on any atom is 0.417 e. The number of rotatable bonds is 9. The number of halogens is 4. The lowest BCUT2D eigenvalue weighted by Gasteiger charge is -2.35. The molecule has 1 atom stereocenters. The first-order chi connectivity index (χ1) is 19.7. The maximum atomic E-state index is 13.3. The molecule has 1 aliphatic carbocycles. The second kappa shape index (κ2) is 13.0. The molecule has 0 radical (unpaired) electrons. The number of hydrogen-bond donors (Lipinski definition) is 1. The third-order valence-corrected chi connectivity index (χ3v) is 8.30. The van der Waals surface area contributed by atoms with Gasteiger partial charge in [-0.2, -0.15) is 18.4 Å². The van der Waals surface area contributed by atoms with Crippen molar-refractivity contribution in [1.82, 2.24) is 9.80 Å². The third kappa shape index (κ3) is 7.92. The molecule has 41 heavy (non-hydrogen) atoms. The standard InChI is InChI=1S/C30H34ClF3N4O3/c31-22-2-8-29-21(13-22)14-27(41-29)18-38-11-9-37(10-12-38)17-25(39)19-40-26-6-4-23(5-7-26)36-24-3-1-20(16-35)28(15-24)30(32,33)34/h1-3,8,13,15,23,26-27,36H,4-7,9-12,14,17-19H2. The number of nitrogens with one attached hydrogen (secondary N) is 1. The zero-order chi connectivity index (χ0) is 29.0. The summed E-state index contributed by atoms with van der Waals surface area (Å²) in [5, 5.41) is 12.9. The summed E-state index contributed by atoms with van der Waals surface area (Å²) >= 11 is 6.10. The summed E-state index contributed by atoms with van der Waals surface area (Å²) in [7, 11) is 0. The molecule has 2 heterocycles. The van der Waals surface area contributed by atoms with Gasteiger partial charge in [-0.05, 0) is 67.6 Å². The first-order valence-electron chi connectivity index (χ1n) is 14.1. The Morgan fingerprint density at radius 2 is 1.80 bits per heavy atom. The Morgan fingerprint density at radius 3 is 2.51 bits per heavy atom. The van der Waals surface area contributed by atoms with Crippen molar-refractivity contribution in [1.29, 1.82) is 5.26 Å². The topological polar surface area (TPSA) is 77.8 Å². The summed E-state index contributed by atoms with van der Waals surface area (Å²) in [6.45, 7) is 4.69. The number of ether oxygens (including phenoxy) is 2. The van der Waals surface area contributed by atoms with Gasteiger partial charge >= 0.3 is 6.18 Å². The number of alkyl halides is 3. The minimum Gasteiger partial charge on any atom is -0.488 e. The van der Waals surface area contributed by atoms with Crippen LogP contribution in [0.15, 0.2) is 36.4 Å². The van der Waals surface area contributed by atoms with Gasteiger partial charge in [-0.15, -0.1) is 0 Å². The van der Waals surface area contributed by atoms with Crippen LogP contribution in [0.25, 0.3) is 0 Å². The van der Waals surface area contributed by atoms with Gasteiger partial charge in [0.2, 0.25) is 0 Å². The summed E-state index contributed by atoms with van der Waals surface area (Å²) in [6, 6.07) is 11.1. The fourth-order valence-electron chi connectivity index (χ4n) is 5.89. The Morgan fingerprint density at radius 1 is 1.07 bits per heavy atom. The molecule has 11 heteroatoms. The summed E-state index contributed by atoms with van der Waals surface area (Å²) in [5.74, 6) is 0.974. The smallest absolute Gasteiger partial charge is 0.417 e. The second-order valence-corrected chi connectivity index (χ2v) is 11.5. The van der Waals surface area contributed by atoms with Gasteiger partial charge in [-0.1, -0.05) is 11.6 Å². The Labute approximate surface area is 243 Å². The molecule has 2 fully saturated rings. The van der Waals surface area contributed by atoms with E-state index in [-0.39, 0.29) is 36.2 Å². The molecule has 3 aliphatic rings. The summed E-state index contributed by atoms with van der Waals surface area (Å²) in [4.78, 5) is 17.1. The Bertz CT molecular complexity index is 1270. The van der Waals surface area contributed by atoms with Gasteiger partial charge in [0.1, 0.15) is 18.5 Å². The molecule has 220 valence electrons. The first-order valence-corrected chi connectivity index (χ1v) is 14.4. The van der Waals surface area contributed by atoms with E-state index in [4.69, 9.17) is 26.3 Å². The Kier molecular flexibility index (Phi) is 9.39. The molecule has 2 aliphatic heterocycles. The number of fused-ring (bicyclic) bond motifs is 1. The zero-order valence-corrected chi connectivity index (χ0v) is 23.5. The highest BCUT2D eigenvalue weighted by Crippen LogP contribution is 2.35. The average Bonchev–Trinajstić information content (AvgIpc) is 3.34. The lowest BCUT2D eigenvalue weighted by molar-refractivity contribution is -0.137. The van der Waals surface area contributed by atoms with Gasteiger partial charge in [-0.3, -0.25) is 14.6 Å². The monoisotopic (exact) mass is 590 g/mol. The molecule has 7 nitrogen and oxygen atoms in total. The van der Waals surface area contributed by atoms with Crippen molar-refractivity contribution >= 4 is 23.1 Å². The number of hydrogen-bond acceptors (Lipinski definition) is 7. The molecular formula is C30H34ClF3N4O3. The number of carbonyl (C=O) groups excluding carboxylic acids is 1. The number of anilines is 1. The predicted molar refractivity (Wildman–Crippen MR) is 149 cm³/mol. The number of Topliss-reactive ketones (excluding diaryl/α,β-unsaturated/α-hetero) is 1. The lowest BCUT2D eigenvalue weighted by atomic mass is 9.92. The Hall–Kier alpha value is -2.84. The van der Waals surface area contributed by atoms with Gasteiger partial charge in [0.05, 0.1) is 29.8 Å². The molecule has 1 unspecified atom stereocenters. The first kappa shape index (κ1) is 29.6. The van der Waals surface area contributed by atoms with Crippen molar-refractivity contribution in [2.75, 3.05) is 51.2 Å². The van der Waals surface area contributed by atoms with Gasteiger partial charge in [0.25, 0.3) is 0 Å². The van der Waals surface area contributed by atoms with E-state index in [1.807, 2.05) is 18.2 Å². The molecule has 2 aromatic rings. The van der Waals surface area contributed by atoms with Crippen molar-refractivity contribution < 1.29 is 27.4 Å². The van der Waals surface area contributed by atoms with Crippen LogP contribution in [0.2, 0.25) is 5.02 Å². The van der Waals surface area contributed by atoms with Crippen LogP contribution in [-0.2, 0) is 22.1 Å². The van der Waals surface area contributed by atoms with Crippen LogP contribution in [0, 0.1) is 11.3 Å². The highest BCUT2D eigenvalue weighted by Gasteiger charge is 2.34. The van der Waals surface area contributed by atoms with E-state index in [1.165, 1.54) is 12.1 Å². The fourth-order valence-corrected chi connectivity index (χ4v) is 6.08. The average molecular weight is 591 g/mol. The summed E-state index contributed by atoms with van der Waals surface area (Å²) in [5.41, 5.74) is 0.188. The SMILES string of the molecule is N#Cc1ccc(NC2CCC(OCC(=O)CN3CCN(CC4Cc5cc(Cl)ccc5O4)CC3)CC2)cc1C(F)(F)F. The zero-order valence-electron chi connectivity index (χ0n) is 22.8. The predicted octanol–water partition coefficient (Wildman–Crippen LogP) is 5.16. The number of nitrogens with zero attached hydrogens (tertiary/aromatic N) is 3. The quantitative estimate of drug-likeness (QED) is 0.432. The van der Waals surface area contributed by atoms with Gasteiger partial charge < -0.3 is 14.8 Å². The molecule has 0 bridgehead atoms. The van der Waals surface area contributed by atoms with Crippen molar-refractivity contribution in [2.24, 2.45) is 0 Å². The maximum absolute atomic E-state index is 13.3. The molecule has 1 saturated heterocycles. The summed E-state index contributed by atoms with van der Waals surface area (Å²) < 4.78 is 51.7. The van der Waals surface area contributed by atoms with E-state index in [1.54, 1.807) is 6.07 Å². The highest BCUT2D eigenvalue weighted by atomic mass is 35.5. The van der Waals surface area contributed by atoms with Crippen molar-refractivity contribution in [3.63, 3.8) is 0 Å². The Balaban J connectivity index is 0.971. The van der Waals surface area contributed by atoms with E-state index in [0.29, 0.717) is 12.2 Å². The fraction of sp³-hybridized carbons (Fsp3) is 0.533. The lowest BCUT2D eigenvalue weighted by Crippen LogP contribution is -2.50.